The minimum absolute atomic E-state index is 0.00807. The van der Waals surface area contributed by atoms with Gasteiger partial charge in [0.05, 0.1) is 16.5 Å². The Morgan fingerprint density at radius 3 is 2.41 bits per heavy atom. The Labute approximate surface area is 195 Å². The third-order valence-electron chi connectivity index (χ3n) is 5.61. The number of halogens is 1. The van der Waals surface area contributed by atoms with Gasteiger partial charge in [0.1, 0.15) is 11.8 Å². The molecule has 1 saturated carbocycles. The van der Waals surface area contributed by atoms with E-state index in [-0.39, 0.29) is 28.3 Å². The molecule has 0 heterocycles. The summed E-state index contributed by atoms with van der Waals surface area (Å²) < 4.78 is 34.2. The molecule has 0 aliphatic heterocycles. The van der Waals surface area contributed by atoms with Crippen molar-refractivity contribution in [1.29, 1.82) is 0 Å². The molecule has 6 nitrogen and oxygen atoms in total. The number of nitrogens with one attached hydrogen (secondary N) is 2. The highest BCUT2D eigenvalue weighted by Gasteiger charge is 2.28. The van der Waals surface area contributed by atoms with Crippen molar-refractivity contribution in [1.82, 2.24) is 10.0 Å². The first kappa shape index (κ1) is 24.6. The third-order valence-corrected chi connectivity index (χ3v) is 7.38. The van der Waals surface area contributed by atoms with E-state index in [2.05, 4.69) is 10.0 Å². The number of rotatable bonds is 9. The molecule has 0 radical (unpaired) electrons. The molecule has 0 saturated heterocycles. The topological polar surface area (TPSA) is 84.5 Å². The van der Waals surface area contributed by atoms with Gasteiger partial charge >= 0.3 is 0 Å². The van der Waals surface area contributed by atoms with Gasteiger partial charge in [-0.3, -0.25) is 4.79 Å². The van der Waals surface area contributed by atoms with E-state index >= 15 is 0 Å². The number of amides is 1. The fourth-order valence-corrected chi connectivity index (χ4v) is 5.46. The maximum Gasteiger partial charge on any atom is 0.241 e. The van der Waals surface area contributed by atoms with Crippen molar-refractivity contribution in [3.63, 3.8) is 0 Å². The van der Waals surface area contributed by atoms with Crippen molar-refractivity contribution in [2.75, 3.05) is 6.61 Å². The molecule has 1 atom stereocenters. The molecule has 1 fully saturated rings. The van der Waals surface area contributed by atoms with Gasteiger partial charge in [0.25, 0.3) is 0 Å². The van der Waals surface area contributed by atoms with Gasteiger partial charge in [-0.2, -0.15) is 4.72 Å². The Hall–Kier alpha value is -2.09. The number of hydrogen-bond acceptors (Lipinski definition) is 4. The summed E-state index contributed by atoms with van der Waals surface area (Å²) in [6.45, 7) is 2.24. The lowest BCUT2D eigenvalue weighted by Crippen LogP contribution is -2.50. The van der Waals surface area contributed by atoms with Crippen LogP contribution < -0.4 is 14.8 Å². The van der Waals surface area contributed by atoms with Crippen molar-refractivity contribution in [3.05, 3.63) is 59.1 Å². The molecule has 1 unspecified atom stereocenters. The van der Waals surface area contributed by atoms with Crippen molar-refractivity contribution in [2.24, 2.45) is 0 Å². The summed E-state index contributed by atoms with van der Waals surface area (Å²) in [5.41, 5.74) is 0.876. The lowest BCUT2D eigenvalue weighted by atomic mass is 10.0. The zero-order chi connectivity index (χ0) is 23.0. The molecule has 8 heteroatoms. The van der Waals surface area contributed by atoms with E-state index in [1.807, 2.05) is 37.3 Å². The van der Waals surface area contributed by atoms with Gasteiger partial charge < -0.3 is 10.1 Å². The van der Waals surface area contributed by atoms with Crippen molar-refractivity contribution >= 4 is 27.5 Å². The van der Waals surface area contributed by atoms with Crippen LogP contribution in [0.2, 0.25) is 5.02 Å². The molecule has 0 bridgehead atoms. The molecule has 1 amide bonds. The average Bonchev–Trinajstić information content (AvgIpc) is 3.04. The van der Waals surface area contributed by atoms with E-state index in [1.54, 1.807) is 0 Å². The Kier molecular flexibility index (Phi) is 8.96. The van der Waals surface area contributed by atoms with Gasteiger partial charge in [-0.25, -0.2) is 8.42 Å². The van der Waals surface area contributed by atoms with Crippen LogP contribution in [-0.4, -0.2) is 33.0 Å². The highest BCUT2D eigenvalue weighted by atomic mass is 35.5. The van der Waals surface area contributed by atoms with E-state index in [0.717, 1.165) is 31.2 Å². The summed E-state index contributed by atoms with van der Waals surface area (Å²) in [5.74, 6) is 0.112. The van der Waals surface area contributed by atoms with E-state index in [1.165, 1.54) is 31.0 Å². The Balaban J connectivity index is 1.80. The maximum absolute atomic E-state index is 13.2. The molecule has 174 valence electrons. The zero-order valence-electron chi connectivity index (χ0n) is 18.3. The molecule has 1 aliphatic rings. The summed E-state index contributed by atoms with van der Waals surface area (Å²) in [6.07, 6.45) is 6.59. The van der Waals surface area contributed by atoms with Crippen LogP contribution in [0.15, 0.2) is 53.4 Å². The quantitative estimate of drug-likeness (QED) is 0.521. The van der Waals surface area contributed by atoms with Crippen molar-refractivity contribution < 1.29 is 17.9 Å². The standard InChI is InChI=1S/C24H31ClN2O4S/c1-2-31-23-15-14-20(17-21(23)25)32(29,30)27-22(16-18-10-6-5-7-11-18)24(28)26-19-12-8-3-4-9-13-19/h5-7,10-11,14-15,17,19,22,27H,2-4,8-9,12-13,16H2,1H3,(H,26,28). The van der Waals surface area contributed by atoms with Crippen LogP contribution in [0.3, 0.4) is 0 Å². The molecule has 1 aliphatic carbocycles. The number of sulfonamides is 1. The SMILES string of the molecule is CCOc1ccc(S(=O)(=O)NC(Cc2ccccc2)C(=O)NC2CCCCCC2)cc1Cl. The predicted molar refractivity (Wildman–Crippen MR) is 127 cm³/mol. The van der Waals surface area contributed by atoms with Crippen LogP contribution in [0.25, 0.3) is 0 Å². The van der Waals surface area contributed by atoms with Crippen LogP contribution >= 0.6 is 11.6 Å². The lowest BCUT2D eigenvalue weighted by molar-refractivity contribution is -0.123. The smallest absolute Gasteiger partial charge is 0.241 e. The number of hydrogen-bond donors (Lipinski definition) is 2. The summed E-state index contributed by atoms with van der Waals surface area (Å²) in [6, 6.07) is 12.8. The summed E-state index contributed by atoms with van der Waals surface area (Å²) in [5, 5.41) is 3.28. The molecule has 2 aromatic carbocycles. The Morgan fingerprint density at radius 1 is 1.09 bits per heavy atom. The fourth-order valence-electron chi connectivity index (χ4n) is 3.94. The first-order chi connectivity index (χ1) is 15.4. The van der Waals surface area contributed by atoms with Crippen molar-refractivity contribution in [3.8, 4) is 5.75 Å². The van der Waals surface area contributed by atoms with Crippen LogP contribution in [0.4, 0.5) is 0 Å². The van der Waals surface area contributed by atoms with E-state index < -0.39 is 16.1 Å². The molecular formula is C24H31ClN2O4S. The molecular weight excluding hydrogens is 448 g/mol. The van der Waals surface area contributed by atoms with Gasteiger partial charge in [0.2, 0.25) is 15.9 Å². The minimum atomic E-state index is -3.98. The Morgan fingerprint density at radius 2 is 1.78 bits per heavy atom. The average molecular weight is 479 g/mol. The van der Waals surface area contributed by atoms with Crippen molar-refractivity contribution in [2.45, 2.75) is 68.8 Å². The largest absolute Gasteiger partial charge is 0.492 e. The van der Waals surface area contributed by atoms with Gasteiger partial charge in [-0.05, 0) is 49.9 Å². The molecule has 2 aromatic rings. The van der Waals surface area contributed by atoms with Gasteiger partial charge in [0, 0.05) is 6.04 Å². The van der Waals surface area contributed by atoms with Gasteiger partial charge in [-0.15, -0.1) is 0 Å². The van der Waals surface area contributed by atoms with Crippen LogP contribution in [0.5, 0.6) is 5.75 Å². The van der Waals surface area contributed by atoms with E-state index in [9.17, 15) is 13.2 Å². The van der Waals surface area contributed by atoms with Gasteiger partial charge in [-0.1, -0.05) is 67.6 Å². The second kappa shape index (κ2) is 11.7. The first-order valence-electron chi connectivity index (χ1n) is 11.2. The van der Waals surface area contributed by atoms with Crippen LogP contribution in [-0.2, 0) is 21.2 Å². The van der Waals surface area contributed by atoms with Gasteiger partial charge in [0.15, 0.2) is 0 Å². The molecule has 0 aromatic heterocycles. The minimum Gasteiger partial charge on any atom is -0.492 e. The monoisotopic (exact) mass is 478 g/mol. The zero-order valence-corrected chi connectivity index (χ0v) is 19.9. The number of carbonyl (C=O) groups excluding carboxylic acids is 1. The molecule has 2 N–H and O–H groups in total. The first-order valence-corrected chi connectivity index (χ1v) is 13.0. The summed E-state index contributed by atoms with van der Waals surface area (Å²) >= 11 is 6.19. The van der Waals surface area contributed by atoms with E-state index in [0.29, 0.717) is 12.4 Å². The highest BCUT2D eigenvalue weighted by molar-refractivity contribution is 7.89. The second-order valence-corrected chi connectivity index (χ2v) is 10.2. The second-order valence-electron chi connectivity index (χ2n) is 8.09. The normalized spacial score (nSPS) is 16.2. The summed E-state index contributed by atoms with van der Waals surface area (Å²) in [7, 11) is -3.98. The lowest BCUT2D eigenvalue weighted by Gasteiger charge is -2.23. The highest BCUT2D eigenvalue weighted by Crippen LogP contribution is 2.27. The predicted octanol–water partition coefficient (Wildman–Crippen LogP) is 4.47. The summed E-state index contributed by atoms with van der Waals surface area (Å²) in [4.78, 5) is 13.2. The molecule has 32 heavy (non-hydrogen) atoms. The Bertz CT molecular complexity index is 990. The van der Waals surface area contributed by atoms with E-state index in [4.69, 9.17) is 16.3 Å². The third kappa shape index (κ3) is 6.95. The van der Waals surface area contributed by atoms with Crippen LogP contribution in [0.1, 0.15) is 51.0 Å². The molecule has 0 spiro atoms. The fraction of sp³-hybridized carbons (Fsp3) is 0.458. The number of carbonyl (C=O) groups is 1. The van der Waals surface area contributed by atoms with Crippen LogP contribution in [0, 0.1) is 0 Å². The molecule has 3 rings (SSSR count). The number of ether oxygens (including phenoxy) is 1. The maximum atomic E-state index is 13.2. The number of benzene rings is 2.